The molecule has 0 atom stereocenters. The Morgan fingerprint density at radius 1 is 1.13 bits per heavy atom. The molecule has 0 spiro atoms. The van der Waals surface area contributed by atoms with Crippen molar-refractivity contribution < 1.29 is 22.7 Å². The van der Waals surface area contributed by atoms with Crippen molar-refractivity contribution in [2.24, 2.45) is 4.99 Å². The molecule has 2 aromatic rings. The summed E-state index contributed by atoms with van der Waals surface area (Å²) in [6.45, 7) is 0.441. The molecular formula is C21H26F3IN4O2. The van der Waals surface area contributed by atoms with Crippen LogP contribution in [0, 0.1) is 0 Å². The maximum atomic E-state index is 13.3. The number of guanidine groups is 1. The average Bonchev–Trinajstić information content (AvgIpc) is 2.75. The van der Waals surface area contributed by atoms with E-state index in [0.717, 1.165) is 11.6 Å². The van der Waals surface area contributed by atoms with Crippen LogP contribution in [0.25, 0.3) is 0 Å². The van der Waals surface area contributed by atoms with Crippen LogP contribution in [-0.2, 0) is 19.1 Å². The first-order valence-corrected chi connectivity index (χ1v) is 9.28. The fourth-order valence-corrected chi connectivity index (χ4v) is 2.84. The fraction of sp³-hybridized carbons (Fsp3) is 0.333. The third-order valence-electron chi connectivity index (χ3n) is 4.41. The highest BCUT2D eigenvalue weighted by molar-refractivity contribution is 14.0. The molecule has 0 saturated carbocycles. The van der Waals surface area contributed by atoms with Gasteiger partial charge in [0.05, 0.1) is 12.7 Å². The summed E-state index contributed by atoms with van der Waals surface area (Å²) < 4.78 is 44.9. The molecule has 3 N–H and O–H groups in total. The molecular weight excluding hydrogens is 524 g/mol. The molecule has 1 amide bonds. The van der Waals surface area contributed by atoms with Gasteiger partial charge in [-0.25, -0.2) is 0 Å². The zero-order chi connectivity index (χ0) is 22.1. The van der Waals surface area contributed by atoms with Gasteiger partial charge in [-0.05, 0) is 41.8 Å². The van der Waals surface area contributed by atoms with Crippen LogP contribution in [-0.4, -0.2) is 39.6 Å². The maximum Gasteiger partial charge on any atom is 0.416 e. The van der Waals surface area contributed by atoms with Gasteiger partial charge in [-0.2, -0.15) is 13.2 Å². The zero-order valence-electron chi connectivity index (χ0n) is 17.5. The summed E-state index contributed by atoms with van der Waals surface area (Å²) in [6.07, 6.45) is -3.87. The number of carbonyl (C=O) groups is 1. The summed E-state index contributed by atoms with van der Waals surface area (Å²) in [7, 11) is 4.43. The molecule has 10 heteroatoms. The predicted molar refractivity (Wildman–Crippen MR) is 125 cm³/mol. The quantitative estimate of drug-likeness (QED) is 0.280. The van der Waals surface area contributed by atoms with E-state index in [2.05, 4.69) is 20.9 Å². The molecule has 31 heavy (non-hydrogen) atoms. The Balaban J connectivity index is 0.00000480. The Morgan fingerprint density at radius 2 is 1.87 bits per heavy atom. The van der Waals surface area contributed by atoms with Crippen molar-refractivity contribution in [3.8, 4) is 5.75 Å². The van der Waals surface area contributed by atoms with Crippen LogP contribution in [0.15, 0.2) is 47.5 Å². The molecule has 2 rings (SSSR count). The number of halogens is 4. The molecule has 0 aromatic heterocycles. The van der Waals surface area contributed by atoms with E-state index in [4.69, 9.17) is 4.74 Å². The van der Waals surface area contributed by atoms with E-state index in [1.54, 1.807) is 32.3 Å². The Kier molecular flexibility index (Phi) is 10.6. The second kappa shape index (κ2) is 12.4. The van der Waals surface area contributed by atoms with Crippen LogP contribution < -0.4 is 20.7 Å². The summed E-state index contributed by atoms with van der Waals surface area (Å²) in [6, 6.07) is 11.1. The highest BCUT2D eigenvalue weighted by Gasteiger charge is 2.33. The molecule has 0 heterocycles. The topological polar surface area (TPSA) is 74.8 Å². The number of methoxy groups -OCH3 is 1. The van der Waals surface area contributed by atoms with Crippen molar-refractivity contribution in [3.63, 3.8) is 0 Å². The minimum Gasteiger partial charge on any atom is -0.497 e. The first kappa shape index (κ1) is 26.5. The highest BCUT2D eigenvalue weighted by atomic mass is 127. The minimum absolute atomic E-state index is 0. The number of hydrogen-bond donors (Lipinski definition) is 3. The number of hydrogen-bond acceptors (Lipinski definition) is 3. The van der Waals surface area contributed by atoms with E-state index >= 15 is 0 Å². The molecule has 6 nitrogen and oxygen atoms in total. The average molecular weight is 550 g/mol. The van der Waals surface area contributed by atoms with Crippen molar-refractivity contribution in [2.45, 2.75) is 19.1 Å². The van der Waals surface area contributed by atoms with Gasteiger partial charge < -0.3 is 20.7 Å². The van der Waals surface area contributed by atoms with Crippen molar-refractivity contribution in [1.82, 2.24) is 16.0 Å². The summed E-state index contributed by atoms with van der Waals surface area (Å²) in [5.74, 6) is 0.358. The molecule has 0 radical (unpaired) electrons. The summed E-state index contributed by atoms with van der Waals surface area (Å²) in [5.41, 5.74) is 0.852. The van der Waals surface area contributed by atoms with Gasteiger partial charge >= 0.3 is 6.18 Å². The van der Waals surface area contributed by atoms with E-state index in [9.17, 15) is 18.0 Å². The molecule has 0 aliphatic carbocycles. The fourth-order valence-electron chi connectivity index (χ4n) is 2.84. The van der Waals surface area contributed by atoms with Crippen LogP contribution >= 0.6 is 24.0 Å². The number of alkyl halides is 3. The summed E-state index contributed by atoms with van der Waals surface area (Å²) in [4.78, 5) is 15.8. The van der Waals surface area contributed by atoms with Crippen LogP contribution in [0.3, 0.4) is 0 Å². The lowest BCUT2D eigenvalue weighted by Crippen LogP contribution is -2.38. The molecule has 0 bridgehead atoms. The normalized spacial score (nSPS) is 11.4. The number of benzene rings is 2. The van der Waals surface area contributed by atoms with Gasteiger partial charge in [0.2, 0.25) is 0 Å². The molecule has 0 aliphatic rings. The molecule has 0 saturated heterocycles. The number of nitrogens with one attached hydrogen (secondary N) is 3. The van der Waals surface area contributed by atoms with Gasteiger partial charge in [0, 0.05) is 32.7 Å². The van der Waals surface area contributed by atoms with Crippen LogP contribution in [0.2, 0.25) is 0 Å². The van der Waals surface area contributed by atoms with E-state index in [1.165, 1.54) is 19.2 Å². The number of carbonyl (C=O) groups excluding carboxylic acids is 1. The largest absolute Gasteiger partial charge is 0.497 e. The molecule has 0 aliphatic heterocycles. The van der Waals surface area contributed by atoms with Crippen molar-refractivity contribution in [2.75, 3.05) is 27.7 Å². The van der Waals surface area contributed by atoms with Crippen LogP contribution in [0.1, 0.15) is 27.0 Å². The van der Waals surface area contributed by atoms with E-state index in [0.29, 0.717) is 24.5 Å². The van der Waals surface area contributed by atoms with Gasteiger partial charge in [-0.3, -0.25) is 9.79 Å². The van der Waals surface area contributed by atoms with E-state index in [1.807, 2.05) is 6.07 Å². The molecule has 0 fully saturated rings. The monoisotopic (exact) mass is 550 g/mol. The zero-order valence-corrected chi connectivity index (χ0v) is 19.8. The first-order valence-electron chi connectivity index (χ1n) is 9.28. The van der Waals surface area contributed by atoms with Gasteiger partial charge in [0.1, 0.15) is 5.75 Å². The summed E-state index contributed by atoms with van der Waals surface area (Å²) in [5, 5.41) is 8.53. The molecule has 170 valence electrons. The number of rotatable bonds is 7. The smallest absolute Gasteiger partial charge is 0.416 e. The van der Waals surface area contributed by atoms with Gasteiger partial charge in [0.25, 0.3) is 5.91 Å². The number of nitrogens with zero attached hydrogens (tertiary/aromatic N) is 1. The number of amides is 1. The first-order chi connectivity index (χ1) is 14.3. The molecule has 2 aromatic carbocycles. The van der Waals surface area contributed by atoms with Crippen LogP contribution in [0.5, 0.6) is 5.75 Å². The third-order valence-corrected chi connectivity index (χ3v) is 4.41. The lowest BCUT2D eigenvalue weighted by Gasteiger charge is -2.16. The van der Waals surface area contributed by atoms with Crippen molar-refractivity contribution in [1.29, 1.82) is 0 Å². The van der Waals surface area contributed by atoms with Gasteiger partial charge in [-0.15, -0.1) is 24.0 Å². The van der Waals surface area contributed by atoms with Crippen LogP contribution in [0.4, 0.5) is 13.2 Å². The standard InChI is InChI=1S/C21H25F3N4O2.HI/c1-25-19(29)15-6-4-5-14(11-15)9-10-27-20(26-2)28-13-16-7-8-17(30-3)12-18(16)21(22,23)24;/h4-8,11-12H,9-10,13H2,1-3H3,(H,25,29)(H2,26,27,28);1H. The minimum atomic E-state index is -4.49. The Bertz CT molecular complexity index is 904. The van der Waals surface area contributed by atoms with E-state index < -0.39 is 11.7 Å². The van der Waals surface area contributed by atoms with Gasteiger partial charge in [0.15, 0.2) is 5.96 Å². The maximum absolute atomic E-state index is 13.3. The second-order valence-electron chi connectivity index (χ2n) is 6.40. The Labute approximate surface area is 196 Å². The highest BCUT2D eigenvalue weighted by Crippen LogP contribution is 2.34. The second-order valence-corrected chi connectivity index (χ2v) is 6.40. The lowest BCUT2D eigenvalue weighted by atomic mass is 10.1. The summed E-state index contributed by atoms with van der Waals surface area (Å²) >= 11 is 0. The SMILES string of the molecule is CN=C(NCCc1cccc(C(=O)NC)c1)NCc1ccc(OC)cc1C(F)(F)F.I. The molecule has 0 unspecified atom stereocenters. The number of ether oxygens (including phenoxy) is 1. The van der Waals surface area contributed by atoms with E-state index in [-0.39, 0.29) is 47.7 Å². The number of aliphatic imine (C=N–C) groups is 1. The lowest BCUT2D eigenvalue weighted by molar-refractivity contribution is -0.138. The Hall–Kier alpha value is -2.50. The van der Waals surface area contributed by atoms with Gasteiger partial charge in [-0.1, -0.05) is 18.2 Å². The third kappa shape index (κ3) is 7.93. The predicted octanol–water partition coefficient (Wildman–Crippen LogP) is 3.60. The Morgan fingerprint density at radius 3 is 2.48 bits per heavy atom. The van der Waals surface area contributed by atoms with Crippen molar-refractivity contribution >= 4 is 35.8 Å². The van der Waals surface area contributed by atoms with Crippen molar-refractivity contribution in [3.05, 3.63) is 64.7 Å².